The van der Waals surface area contributed by atoms with Gasteiger partial charge in [-0.1, -0.05) is 43.7 Å². The molecular weight excluding hydrogens is 286 g/mol. The molecule has 1 rings (SSSR count). The first-order chi connectivity index (χ1) is 10.6. The lowest BCUT2D eigenvalue weighted by atomic mass is 10.2. The van der Waals surface area contributed by atoms with Crippen LogP contribution in [0, 0.1) is 0 Å². The van der Waals surface area contributed by atoms with E-state index in [4.69, 9.17) is 9.47 Å². The molecule has 1 N–H and O–H groups in total. The summed E-state index contributed by atoms with van der Waals surface area (Å²) in [5.74, 6) is -1.04. The van der Waals surface area contributed by atoms with Crippen LogP contribution in [-0.2, 0) is 25.7 Å². The highest BCUT2D eigenvalue weighted by molar-refractivity contribution is 5.93. The molecule has 1 aromatic carbocycles. The quantitative estimate of drug-likeness (QED) is 0.589. The molecule has 0 saturated carbocycles. The van der Waals surface area contributed by atoms with Crippen LogP contribution in [0.25, 0.3) is 0 Å². The van der Waals surface area contributed by atoms with Crippen molar-refractivity contribution in [2.75, 3.05) is 6.61 Å². The lowest BCUT2D eigenvalue weighted by Gasteiger charge is -2.06. The maximum atomic E-state index is 11.5. The van der Waals surface area contributed by atoms with E-state index in [0.717, 1.165) is 18.4 Å². The molecule has 22 heavy (non-hydrogen) atoms. The number of alkyl carbamates (subject to hydrolysis) is 1. The Morgan fingerprint density at radius 1 is 1.05 bits per heavy atom. The minimum Gasteiger partial charge on any atom is -0.461 e. The largest absolute Gasteiger partial charge is 0.461 e. The standard InChI is InChI=1S/C16H21NO5/c1-2-3-11-21-16(20)17-14(18)9-10-15(19)22-12-13-7-5-4-6-8-13/h4-8H,2-3,9-12H2,1H3,(H,17,18,20). The average Bonchev–Trinajstić information content (AvgIpc) is 2.52. The molecule has 6 heteroatoms. The summed E-state index contributed by atoms with van der Waals surface area (Å²) in [6.07, 6.45) is 0.662. The highest BCUT2D eigenvalue weighted by Gasteiger charge is 2.11. The summed E-state index contributed by atoms with van der Waals surface area (Å²) in [5, 5.41) is 2.06. The van der Waals surface area contributed by atoms with Gasteiger partial charge in [-0.25, -0.2) is 4.79 Å². The summed E-state index contributed by atoms with van der Waals surface area (Å²) in [7, 11) is 0. The lowest BCUT2D eigenvalue weighted by Crippen LogP contribution is -2.31. The van der Waals surface area contributed by atoms with E-state index in [1.54, 1.807) is 0 Å². The minimum atomic E-state index is -0.781. The first kappa shape index (κ1) is 17.7. The van der Waals surface area contributed by atoms with Crippen LogP contribution in [0.1, 0.15) is 38.2 Å². The number of imide groups is 1. The van der Waals surface area contributed by atoms with Gasteiger partial charge in [0, 0.05) is 6.42 Å². The van der Waals surface area contributed by atoms with Gasteiger partial charge in [0.1, 0.15) is 6.61 Å². The third-order valence-electron chi connectivity index (χ3n) is 2.77. The van der Waals surface area contributed by atoms with Crippen molar-refractivity contribution in [3.8, 4) is 0 Å². The molecule has 0 heterocycles. The number of hydrogen-bond acceptors (Lipinski definition) is 5. The van der Waals surface area contributed by atoms with E-state index in [2.05, 4.69) is 5.32 Å². The number of nitrogens with one attached hydrogen (secondary N) is 1. The van der Waals surface area contributed by atoms with Crippen molar-refractivity contribution in [3.05, 3.63) is 35.9 Å². The lowest BCUT2D eigenvalue weighted by molar-refractivity contribution is -0.146. The molecule has 0 radical (unpaired) electrons. The van der Waals surface area contributed by atoms with E-state index >= 15 is 0 Å². The fourth-order valence-electron chi connectivity index (χ4n) is 1.55. The molecule has 120 valence electrons. The second-order valence-electron chi connectivity index (χ2n) is 4.68. The first-order valence-corrected chi connectivity index (χ1v) is 7.28. The predicted molar refractivity (Wildman–Crippen MR) is 79.9 cm³/mol. The molecular formula is C16H21NO5. The second kappa shape index (κ2) is 10.4. The Kier molecular flexibility index (Phi) is 8.33. The molecule has 0 saturated heterocycles. The van der Waals surface area contributed by atoms with E-state index in [-0.39, 0.29) is 26.1 Å². The average molecular weight is 307 g/mol. The maximum absolute atomic E-state index is 11.5. The molecule has 2 amide bonds. The summed E-state index contributed by atoms with van der Waals surface area (Å²) in [6.45, 7) is 2.41. The number of ether oxygens (including phenoxy) is 2. The SMILES string of the molecule is CCCCOC(=O)NC(=O)CCC(=O)OCc1ccccc1. The molecule has 0 aliphatic rings. The summed E-state index contributed by atoms with van der Waals surface area (Å²) in [4.78, 5) is 34.2. The van der Waals surface area contributed by atoms with Gasteiger partial charge in [-0.2, -0.15) is 0 Å². The van der Waals surface area contributed by atoms with Crippen LogP contribution in [0.4, 0.5) is 4.79 Å². The predicted octanol–water partition coefficient (Wildman–Crippen LogP) is 2.56. The van der Waals surface area contributed by atoms with Crippen LogP contribution in [0.15, 0.2) is 30.3 Å². The van der Waals surface area contributed by atoms with E-state index in [1.165, 1.54) is 0 Å². The van der Waals surface area contributed by atoms with Gasteiger partial charge in [-0.05, 0) is 12.0 Å². The second-order valence-corrected chi connectivity index (χ2v) is 4.68. The van der Waals surface area contributed by atoms with Gasteiger partial charge >= 0.3 is 12.1 Å². The van der Waals surface area contributed by atoms with Crippen molar-refractivity contribution in [3.63, 3.8) is 0 Å². The van der Waals surface area contributed by atoms with Gasteiger partial charge in [0.15, 0.2) is 0 Å². The zero-order valence-corrected chi connectivity index (χ0v) is 12.7. The molecule has 0 bridgehead atoms. The van der Waals surface area contributed by atoms with Crippen molar-refractivity contribution in [1.82, 2.24) is 5.32 Å². The van der Waals surface area contributed by atoms with Gasteiger partial charge in [-0.3, -0.25) is 14.9 Å². The Labute approximate surface area is 129 Å². The van der Waals surface area contributed by atoms with Gasteiger partial charge in [0.2, 0.25) is 5.91 Å². The number of unbranched alkanes of at least 4 members (excludes halogenated alkanes) is 1. The zero-order valence-electron chi connectivity index (χ0n) is 12.7. The van der Waals surface area contributed by atoms with Gasteiger partial charge in [-0.15, -0.1) is 0 Å². The zero-order chi connectivity index (χ0) is 16.2. The first-order valence-electron chi connectivity index (χ1n) is 7.28. The van der Waals surface area contributed by atoms with Gasteiger partial charge in [0.25, 0.3) is 0 Å². The number of hydrogen-bond donors (Lipinski definition) is 1. The third-order valence-corrected chi connectivity index (χ3v) is 2.77. The highest BCUT2D eigenvalue weighted by atomic mass is 16.5. The van der Waals surface area contributed by atoms with Crippen LogP contribution in [-0.4, -0.2) is 24.6 Å². The van der Waals surface area contributed by atoms with E-state index < -0.39 is 18.0 Å². The molecule has 0 aromatic heterocycles. The number of benzene rings is 1. The molecule has 0 aliphatic heterocycles. The summed E-state index contributed by atoms with van der Waals surface area (Å²) in [5.41, 5.74) is 0.875. The van der Waals surface area contributed by atoms with Crippen molar-refractivity contribution in [2.45, 2.75) is 39.2 Å². The number of carbonyl (C=O) groups is 3. The Morgan fingerprint density at radius 3 is 2.45 bits per heavy atom. The van der Waals surface area contributed by atoms with E-state index in [0.29, 0.717) is 0 Å². The van der Waals surface area contributed by atoms with Crippen LogP contribution in [0.2, 0.25) is 0 Å². The summed E-state index contributed by atoms with van der Waals surface area (Å²) >= 11 is 0. The van der Waals surface area contributed by atoms with Crippen molar-refractivity contribution < 1.29 is 23.9 Å². The molecule has 0 fully saturated rings. The van der Waals surface area contributed by atoms with E-state index in [1.807, 2.05) is 37.3 Å². The Balaban J connectivity index is 2.15. The molecule has 0 aliphatic carbocycles. The van der Waals surface area contributed by atoms with Crippen LogP contribution in [0.5, 0.6) is 0 Å². The van der Waals surface area contributed by atoms with Gasteiger partial charge < -0.3 is 9.47 Å². The van der Waals surface area contributed by atoms with Crippen LogP contribution >= 0.6 is 0 Å². The smallest absolute Gasteiger partial charge is 0.413 e. The number of esters is 1. The molecule has 1 aromatic rings. The molecule has 0 atom stereocenters. The third kappa shape index (κ3) is 8.04. The Hall–Kier alpha value is -2.37. The maximum Gasteiger partial charge on any atom is 0.413 e. The van der Waals surface area contributed by atoms with Gasteiger partial charge in [0.05, 0.1) is 13.0 Å². The molecule has 0 spiro atoms. The summed E-state index contributed by atoms with van der Waals surface area (Å²) < 4.78 is 9.81. The number of amides is 2. The molecule has 0 unspecified atom stereocenters. The Bertz CT molecular complexity index is 487. The number of rotatable bonds is 8. The van der Waals surface area contributed by atoms with Crippen LogP contribution in [0.3, 0.4) is 0 Å². The number of carbonyl (C=O) groups excluding carboxylic acids is 3. The fourth-order valence-corrected chi connectivity index (χ4v) is 1.55. The fraction of sp³-hybridized carbons (Fsp3) is 0.438. The highest BCUT2D eigenvalue weighted by Crippen LogP contribution is 2.02. The molecule has 6 nitrogen and oxygen atoms in total. The normalized spacial score (nSPS) is 9.86. The van der Waals surface area contributed by atoms with E-state index in [9.17, 15) is 14.4 Å². The minimum absolute atomic E-state index is 0.0824. The van der Waals surface area contributed by atoms with Crippen LogP contribution < -0.4 is 5.32 Å². The Morgan fingerprint density at radius 2 is 1.77 bits per heavy atom. The summed E-state index contributed by atoms with van der Waals surface area (Å²) in [6, 6.07) is 9.25. The topological polar surface area (TPSA) is 81.7 Å². The monoisotopic (exact) mass is 307 g/mol. The van der Waals surface area contributed by atoms with Crippen molar-refractivity contribution in [1.29, 1.82) is 0 Å². The van der Waals surface area contributed by atoms with Crippen molar-refractivity contribution >= 4 is 18.0 Å². The van der Waals surface area contributed by atoms with Crippen molar-refractivity contribution in [2.24, 2.45) is 0 Å².